The lowest BCUT2D eigenvalue weighted by Crippen LogP contribution is -2.31. The van der Waals surface area contributed by atoms with Crippen molar-refractivity contribution in [1.82, 2.24) is 15.3 Å². The molecular formula is C16H18BrClN4S. The van der Waals surface area contributed by atoms with Gasteiger partial charge in [0.15, 0.2) is 5.11 Å². The van der Waals surface area contributed by atoms with Crippen LogP contribution in [-0.4, -0.2) is 22.4 Å². The van der Waals surface area contributed by atoms with Crippen LogP contribution in [0, 0.1) is 13.8 Å². The molecule has 0 aliphatic heterocycles. The minimum atomic E-state index is 0.511. The molecule has 1 heterocycles. The van der Waals surface area contributed by atoms with Gasteiger partial charge >= 0.3 is 0 Å². The Morgan fingerprint density at radius 3 is 2.78 bits per heavy atom. The van der Waals surface area contributed by atoms with Crippen LogP contribution in [0.3, 0.4) is 0 Å². The van der Waals surface area contributed by atoms with Crippen LogP contribution >= 0.6 is 39.7 Å². The molecule has 1 aromatic heterocycles. The lowest BCUT2D eigenvalue weighted by atomic mass is 10.2. The zero-order valence-corrected chi connectivity index (χ0v) is 16.3. The number of thiocarbonyl (C=S) groups is 1. The Bertz CT molecular complexity index is 755. The summed E-state index contributed by atoms with van der Waals surface area (Å²) in [5.41, 5.74) is 7.03. The Balaban J connectivity index is 2.27. The first-order valence-corrected chi connectivity index (χ1v) is 8.73. The Morgan fingerprint density at radius 1 is 1.39 bits per heavy atom. The summed E-state index contributed by atoms with van der Waals surface area (Å²) in [6.45, 7) is 6.85. The third kappa shape index (κ3) is 4.34. The molecule has 0 spiro atoms. The molecule has 1 aromatic carbocycles. The Kier molecular flexibility index (Phi) is 6.21. The van der Waals surface area contributed by atoms with Crippen LogP contribution in [0.2, 0.25) is 5.02 Å². The third-order valence-electron chi connectivity index (χ3n) is 3.34. The van der Waals surface area contributed by atoms with Crippen molar-refractivity contribution in [2.75, 3.05) is 6.54 Å². The van der Waals surface area contributed by atoms with E-state index in [0.717, 1.165) is 33.7 Å². The number of hydrogen-bond acceptors (Lipinski definition) is 2. The van der Waals surface area contributed by atoms with E-state index >= 15 is 0 Å². The fourth-order valence-electron chi connectivity index (χ4n) is 2.30. The topological polar surface area (TPSA) is 41.4 Å². The summed E-state index contributed by atoms with van der Waals surface area (Å²) in [7, 11) is 0. The molecule has 2 aromatic rings. The first-order chi connectivity index (χ1) is 10.9. The number of benzene rings is 1. The molecule has 0 aliphatic rings. The summed E-state index contributed by atoms with van der Waals surface area (Å²) < 4.78 is 3.02. The lowest BCUT2D eigenvalue weighted by Gasteiger charge is -2.10. The van der Waals surface area contributed by atoms with E-state index in [1.54, 1.807) is 6.21 Å². The molecular weight excluding hydrogens is 396 g/mol. The second-order valence-corrected chi connectivity index (χ2v) is 6.66. The highest BCUT2D eigenvalue weighted by molar-refractivity contribution is 9.10. The maximum absolute atomic E-state index is 6.21. The van der Waals surface area contributed by atoms with Crippen molar-refractivity contribution in [1.29, 1.82) is 0 Å². The van der Waals surface area contributed by atoms with Gasteiger partial charge in [0, 0.05) is 33.7 Å². The highest BCUT2D eigenvalue weighted by atomic mass is 79.9. The summed E-state index contributed by atoms with van der Waals surface area (Å²) in [6.07, 6.45) is 1.77. The number of rotatable bonds is 4. The van der Waals surface area contributed by atoms with E-state index in [9.17, 15) is 0 Å². The van der Waals surface area contributed by atoms with Crippen molar-refractivity contribution in [3.63, 3.8) is 0 Å². The van der Waals surface area contributed by atoms with E-state index < -0.39 is 0 Å². The average Bonchev–Trinajstić information content (AvgIpc) is 2.77. The smallest absolute Gasteiger partial charge is 0.186 e. The van der Waals surface area contributed by atoms with Crippen molar-refractivity contribution in [3.8, 4) is 5.69 Å². The van der Waals surface area contributed by atoms with Gasteiger partial charge in [-0.1, -0.05) is 11.6 Å². The number of hydrazone groups is 1. The maximum atomic E-state index is 6.21. The van der Waals surface area contributed by atoms with Gasteiger partial charge < -0.3 is 9.88 Å². The van der Waals surface area contributed by atoms with Gasteiger partial charge in [-0.25, -0.2) is 0 Å². The SMILES string of the molecule is CCNC(=S)NN=Cc1cc(C)n(-c2ccc(Br)c(Cl)c2)c1C. The third-order valence-corrected chi connectivity index (χ3v) is 4.81. The Morgan fingerprint density at radius 2 is 2.13 bits per heavy atom. The van der Waals surface area contributed by atoms with Gasteiger partial charge in [-0.2, -0.15) is 5.10 Å². The van der Waals surface area contributed by atoms with Crippen LogP contribution in [-0.2, 0) is 0 Å². The van der Waals surface area contributed by atoms with E-state index in [-0.39, 0.29) is 0 Å². The van der Waals surface area contributed by atoms with E-state index in [1.165, 1.54) is 0 Å². The largest absolute Gasteiger partial charge is 0.362 e. The van der Waals surface area contributed by atoms with Crippen LogP contribution in [0.5, 0.6) is 0 Å². The monoisotopic (exact) mass is 412 g/mol. The maximum Gasteiger partial charge on any atom is 0.186 e. The molecule has 2 N–H and O–H groups in total. The predicted molar refractivity (Wildman–Crippen MR) is 105 cm³/mol. The Labute approximate surface area is 155 Å². The number of aryl methyl sites for hydroxylation is 1. The van der Waals surface area contributed by atoms with Crippen molar-refractivity contribution >= 4 is 51.1 Å². The second kappa shape index (κ2) is 7.95. The van der Waals surface area contributed by atoms with Gasteiger partial charge in [0.1, 0.15) is 0 Å². The molecule has 0 amide bonds. The van der Waals surface area contributed by atoms with Crippen molar-refractivity contribution in [2.24, 2.45) is 5.10 Å². The first kappa shape index (κ1) is 18.0. The number of aromatic nitrogens is 1. The zero-order chi connectivity index (χ0) is 17.0. The number of hydrogen-bond donors (Lipinski definition) is 2. The summed E-state index contributed by atoms with van der Waals surface area (Å²) in [4.78, 5) is 0. The summed E-state index contributed by atoms with van der Waals surface area (Å²) in [6, 6.07) is 7.98. The number of nitrogens with one attached hydrogen (secondary N) is 2. The van der Waals surface area contributed by atoms with E-state index in [2.05, 4.69) is 49.3 Å². The molecule has 2 rings (SSSR count). The highest BCUT2D eigenvalue weighted by Crippen LogP contribution is 2.27. The van der Waals surface area contributed by atoms with Gasteiger partial charge in [0.25, 0.3) is 0 Å². The van der Waals surface area contributed by atoms with Crippen LogP contribution in [0.4, 0.5) is 0 Å². The quantitative estimate of drug-likeness (QED) is 0.445. The molecule has 0 saturated carbocycles. The summed E-state index contributed by atoms with van der Waals surface area (Å²) in [5, 5.41) is 8.35. The van der Waals surface area contributed by atoms with Crippen LogP contribution in [0.1, 0.15) is 23.9 Å². The summed E-state index contributed by atoms with van der Waals surface area (Å²) >= 11 is 14.7. The van der Waals surface area contributed by atoms with E-state index in [1.807, 2.05) is 32.0 Å². The van der Waals surface area contributed by atoms with Crippen LogP contribution in [0.15, 0.2) is 33.8 Å². The Hall–Kier alpha value is -1.37. The van der Waals surface area contributed by atoms with Gasteiger partial charge in [-0.05, 0) is 73.2 Å². The van der Waals surface area contributed by atoms with Gasteiger partial charge in [0.2, 0.25) is 0 Å². The van der Waals surface area contributed by atoms with Gasteiger partial charge in [-0.3, -0.25) is 5.43 Å². The van der Waals surface area contributed by atoms with E-state index in [0.29, 0.717) is 10.1 Å². The molecule has 122 valence electrons. The van der Waals surface area contributed by atoms with E-state index in [4.69, 9.17) is 23.8 Å². The summed E-state index contributed by atoms with van der Waals surface area (Å²) in [5.74, 6) is 0. The predicted octanol–water partition coefficient (Wildman–Crippen LogP) is 4.33. The van der Waals surface area contributed by atoms with Gasteiger partial charge in [0.05, 0.1) is 11.2 Å². The molecule has 0 atom stereocenters. The van der Waals surface area contributed by atoms with Crippen molar-refractivity contribution < 1.29 is 0 Å². The lowest BCUT2D eigenvalue weighted by molar-refractivity contribution is 0.903. The molecule has 23 heavy (non-hydrogen) atoms. The molecule has 4 nitrogen and oxygen atoms in total. The molecule has 0 radical (unpaired) electrons. The minimum Gasteiger partial charge on any atom is -0.362 e. The molecule has 0 bridgehead atoms. The average molecular weight is 414 g/mol. The molecule has 0 saturated heterocycles. The van der Waals surface area contributed by atoms with Crippen LogP contribution in [0.25, 0.3) is 5.69 Å². The van der Waals surface area contributed by atoms with Crippen molar-refractivity contribution in [2.45, 2.75) is 20.8 Å². The minimum absolute atomic E-state index is 0.511. The molecule has 7 heteroatoms. The fraction of sp³-hybridized carbons (Fsp3) is 0.250. The first-order valence-electron chi connectivity index (χ1n) is 7.15. The standard InChI is InChI=1S/C16H18BrClN4S/c1-4-19-16(23)21-20-9-12-7-10(2)22(11(12)3)13-5-6-14(17)15(18)8-13/h5-9H,4H2,1-3H3,(H2,19,21,23). The molecule has 0 fully saturated rings. The van der Waals surface area contributed by atoms with Crippen molar-refractivity contribution in [3.05, 3.63) is 50.7 Å². The highest BCUT2D eigenvalue weighted by Gasteiger charge is 2.10. The second-order valence-electron chi connectivity index (χ2n) is 4.99. The normalized spacial score (nSPS) is 11.0. The number of halogens is 2. The molecule has 0 unspecified atom stereocenters. The molecule has 0 aliphatic carbocycles. The number of nitrogens with zero attached hydrogens (tertiary/aromatic N) is 2. The van der Waals surface area contributed by atoms with Gasteiger partial charge in [-0.15, -0.1) is 0 Å². The zero-order valence-electron chi connectivity index (χ0n) is 13.2. The van der Waals surface area contributed by atoms with Crippen LogP contribution < -0.4 is 10.7 Å². The fourth-order valence-corrected chi connectivity index (χ4v) is 2.92.